The van der Waals surface area contributed by atoms with Crippen LogP contribution in [-0.2, 0) is 11.3 Å². The number of hydrogen-bond acceptors (Lipinski definition) is 3. The second-order valence-corrected chi connectivity index (χ2v) is 4.63. The molecule has 1 atom stereocenters. The van der Waals surface area contributed by atoms with Crippen LogP contribution in [0.15, 0.2) is 18.2 Å². The Morgan fingerprint density at radius 1 is 1.50 bits per heavy atom. The van der Waals surface area contributed by atoms with Crippen LogP contribution in [0.25, 0.3) is 0 Å². The van der Waals surface area contributed by atoms with E-state index in [1.165, 1.54) is 0 Å². The summed E-state index contributed by atoms with van der Waals surface area (Å²) < 4.78 is 30.0. The minimum atomic E-state index is -2.64. The largest absolute Gasteiger partial charge is 0.392 e. The Balaban J connectivity index is 1.76. The van der Waals surface area contributed by atoms with Gasteiger partial charge in [-0.25, -0.2) is 8.78 Å². The first-order valence-electron chi connectivity index (χ1n) is 5.65. The number of hydrogen-bond donors (Lipinski definition) is 2. The van der Waals surface area contributed by atoms with Crippen LogP contribution in [0.3, 0.4) is 0 Å². The van der Waals surface area contributed by atoms with Gasteiger partial charge in [-0.15, -0.1) is 0 Å². The van der Waals surface area contributed by atoms with Crippen molar-refractivity contribution in [3.63, 3.8) is 0 Å². The number of ether oxygens (including phenoxy) is 1. The summed E-state index contributed by atoms with van der Waals surface area (Å²) >= 11 is 5.95. The fourth-order valence-electron chi connectivity index (χ4n) is 1.56. The molecule has 6 heteroatoms. The summed E-state index contributed by atoms with van der Waals surface area (Å²) in [7, 11) is 0. The molecule has 1 unspecified atom stereocenters. The Kier molecular flexibility index (Phi) is 4.04. The summed E-state index contributed by atoms with van der Waals surface area (Å²) in [5.74, 6) is -2.64. The molecule has 0 saturated heterocycles. The van der Waals surface area contributed by atoms with E-state index in [4.69, 9.17) is 21.4 Å². The molecule has 100 valence electrons. The van der Waals surface area contributed by atoms with Gasteiger partial charge < -0.3 is 15.2 Å². The predicted molar refractivity (Wildman–Crippen MR) is 65.2 cm³/mol. The molecule has 3 nitrogen and oxygen atoms in total. The summed E-state index contributed by atoms with van der Waals surface area (Å²) in [5.41, 5.74) is 1.39. The maximum Gasteiger partial charge on any atom is 0.276 e. The maximum absolute atomic E-state index is 12.5. The van der Waals surface area contributed by atoms with Gasteiger partial charge in [0.2, 0.25) is 0 Å². The quantitative estimate of drug-likeness (QED) is 0.786. The Hall–Kier alpha value is -0.910. The van der Waals surface area contributed by atoms with E-state index >= 15 is 0 Å². The van der Waals surface area contributed by atoms with Crippen molar-refractivity contribution in [1.29, 1.82) is 0 Å². The van der Waals surface area contributed by atoms with E-state index in [1.807, 2.05) is 0 Å². The number of aliphatic hydroxyl groups excluding tert-OH is 1. The molecule has 1 aromatic rings. The van der Waals surface area contributed by atoms with E-state index in [-0.39, 0.29) is 19.6 Å². The van der Waals surface area contributed by atoms with Crippen LogP contribution >= 0.6 is 11.6 Å². The van der Waals surface area contributed by atoms with Gasteiger partial charge in [0.1, 0.15) is 6.10 Å². The first-order valence-corrected chi connectivity index (χ1v) is 6.03. The van der Waals surface area contributed by atoms with Gasteiger partial charge in [0, 0.05) is 13.0 Å². The minimum Gasteiger partial charge on any atom is -0.392 e. The van der Waals surface area contributed by atoms with Gasteiger partial charge in [-0.2, -0.15) is 0 Å². The van der Waals surface area contributed by atoms with E-state index in [0.717, 1.165) is 5.56 Å². The third-order valence-electron chi connectivity index (χ3n) is 2.72. The Morgan fingerprint density at radius 2 is 2.22 bits per heavy atom. The highest BCUT2D eigenvalue weighted by atomic mass is 35.5. The van der Waals surface area contributed by atoms with Gasteiger partial charge in [-0.05, 0) is 17.7 Å². The molecule has 0 heterocycles. The summed E-state index contributed by atoms with van der Waals surface area (Å²) in [6.07, 6.45) is -1.12. The zero-order chi connectivity index (χ0) is 13.2. The first kappa shape index (κ1) is 13.5. The standard InChI is InChI=1S/C12H14ClF2NO2/c13-9-2-1-8(7-17)5-10(9)16-3-4-18-11-6-12(11,14)15/h1-2,5,11,16-17H,3-4,6-7H2. The van der Waals surface area contributed by atoms with E-state index < -0.39 is 12.0 Å². The van der Waals surface area contributed by atoms with Crippen molar-refractivity contribution in [2.45, 2.75) is 25.1 Å². The lowest BCUT2D eigenvalue weighted by atomic mass is 10.2. The molecule has 18 heavy (non-hydrogen) atoms. The molecule has 0 bridgehead atoms. The first-order chi connectivity index (χ1) is 8.53. The second-order valence-electron chi connectivity index (χ2n) is 4.22. The van der Waals surface area contributed by atoms with Gasteiger partial charge in [0.25, 0.3) is 5.92 Å². The van der Waals surface area contributed by atoms with E-state index in [2.05, 4.69) is 5.32 Å². The van der Waals surface area contributed by atoms with Crippen LogP contribution in [0.1, 0.15) is 12.0 Å². The normalized spacial score (nSPS) is 20.8. The number of rotatable bonds is 6. The Labute approximate surface area is 109 Å². The van der Waals surface area contributed by atoms with Gasteiger partial charge >= 0.3 is 0 Å². The molecule has 1 saturated carbocycles. The molecule has 2 N–H and O–H groups in total. The predicted octanol–water partition coefficient (Wildman–Crippen LogP) is 2.67. The third-order valence-corrected chi connectivity index (χ3v) is 3.05. The molecule has 0 radical (unpaired) electrons. The zero-order valence-electron chi connectivity index (χ0n) is 9.63. The number of alkyl halides is 2. The molecule has 1 aromatic carbocycles. The molecular formula is C12H14ClF2NO2. The van der Waals surface area contributed by atoms with E-state index in [1.54, 1.807) is 18.2 Å². The molecule has 2 rings (SSSR count). The third kappa shape index (κ3) is 3.31. The van der Waals surface area contributed by atoms with Crippen molar-refractivity contribution in [2.24, 2.45) is 0 Å². The summed E-state index contributed by atoms with van der Waals surface area (Å²) in [6.45, 7) is 0.512. The Bertz CT molecular complexity index is 429. The van der Waals surface area contributed by atoms with Gasteiger partial charge in [-0.1, -0.05) is 17.7 Å². The molecule has 0 aromatic heterocycles. The highest BCUT2D eigenvalue weighted by Crippen LogP contribution is 2.44. The summed E-state index contributed by atoms with van der Waals surface area (Å²) in [4.78, 5) is 0. The highest BCUT2D eigenvalue weighted by molar-refractivity contribution is 6.33. The Morgan fingerprint density at radius 3 is 2.83 bits per heavy atom. The zero-order valence-corrected chi connectivity index (χ0v) is 10.4. The van der Waals surface area contributed by atoms with E-state index in [0.29, 0.717) is 17.3 Å². The fraction of sp³-hybridized carbons (Fsp3) is 0.500. The number of halogens is 3. The second kappa shape index (κ2) is 5.38. The molecule has 1 aliphatic rings. The lowest BCUT2D eigenvalue weighted by Crippen LogP contribution is -2.13. The maximum atomic E-state index is 12.5. The average Bonchev–Trinajstić information content (AvgIpc) is 2.94. The van der Waals surface area contributed by atoms with Crippen LogP contribution in [0, 0.1) is 0 Å². The van der Waals surface area contributed by atoms with E-state index in [9.17, 15) is 8.78 Å². The average molecular weight is 278 g/mol. The van der Waals surface area contributed by atoms with Crippen LogP contribution in [0.4, 0.5) is 14.5 Å². The lowest BCUT2D eigenvalue weighted by molar-refractivity contribution is 0.0169. The molecule has 0 amide bonds. The highest BCUT2D eigenvalue weighted by Gasteiger charge is 2.58. The minimum absolute atomic E-state index is 0.0728. The van der Waals surface area contributed by atoms with Crippen LogP contribution < -0.4 is 5.32 Å². The molecule has 1 aliphatic carbocycles. The van der Waals surface area contributed by atoms with Crippen molar-refractivity contribution in [3.05, 3.63) is 28.8 Å². The summed E-state index contributed by atoms with van der Waals surface area (Å²) in [5, 5.41) is 12.5. The molecule has 1 fully saturated rings. The molecule has 0 spiro atoms. The number of anilines is 1. The SMILES string of the molecule is OCc1ccc(Cl)c(NCCOC2CC2(F)F)c1. The fourth-order valence-corrected chi connectivity index (χ4v) is 1.75. The van der Waals surface area contributed by atoms with Crippen LogP contribution in [0.5, 0.6) is 0 Å². The van der Waals surface area contributed by atoms with Crippen LogP contribution in [0.2, 0.25) is 5.02 Å². The van der Waals surface area contributed by atoms with Crippen molar-refractivity contribution in [2.75, 3.05) is 18.5 Å². The van der Waals surface area contributed by atoms with Crippen molar-refractivity contribution in [1.82, 2.24) is 0 Å². The number of aliphatic hydroxyl groups is 1. The number of nitrogens with one attached hydrogen (secondary N) is 1. The molecular weight excluding hydrogens is 264 g/mol. The molecule has 0 aliphatic heterocycles. The van der Waals surface area contributed by atoms with Crippen molar-refractivity contribution < 1.29 is 18.6 Å². The lowest BCUT2D eigenvalue weighted by Gasteiger charge is -2.10. The van der Waals surface area contributed by atoms with Gasteiger partial charge in [0.15, 0.2) is 0 Å². The number of benzene rings is 1. The monoisotopic (exact) mass is 277 g/mol. The van der Waals surface area contributed by atoms with Crippen molar-refractivity contribution >= 4 is 17.3 Å². The van der Waals surface area contributed by atoms with Crippen molar-refractivity contribution in [3.8, 4) is 0 Å². The topological polar surface area (TPSA) is 41.5 Å². The van der Waals surface area contributed by atoms with Gasteiger partial charge in [-0.3, -0.25) is 0 Å². The van der Waals surface area contributed by atoms with Gasteiger partial charge in [0.05, 0.1) is 23.9 Å². The van der Waals surface area contributed by atoms with Crippen LogP contribution in [-0.4, -0.2) is 30.3 Å². The smallest absolute Gasteiger partial charge is 0.276 e. The summed E-state index contributed by atoms with van der Waals surface area (Å²) in [6, 6.07) is 5.11.